The van der Waals surface area contributed by atoms with Crippen molar-refractivity contribution in [1.82, 2.24) is 4.31 Å². The van der Waals surface area contributed by atoms with Gasteiger partial charge >= 0.3 is 0 Å². The first-order valence-corrected chi connectivity index (χ1v) is 10.4. The van der Waals surface area contributed by atoms with E-state index >= 15 is 0 Å². The van der Waals surface area contributed by atoms with Crippen molar-refractivity contribution in [2.24, 2.45) is 0 Å². The van der Waals surface area contributed by atoms with Crippen LogP contribution >= 0.6 is 0 Å². The molecule has 0 unspecified atom stereocenters. The third-order valence-electron chi connectivity index (χ3n) is 4.22. The molecule has 2 amide bonds. The molecule has 0 saturated heterocycles. The molecule has 0 aliphatic carbocycles. The van der Waals surface area contributed by atoms with Gasteiger partial charge in [-0.25, -0.2) is 8.42 Å². The quantitative estimate of drug-likeness (QED) is 0.743. The van der Waals surface area contributed by atoms with Crippen LogP contribution in [0.4, 0.5) is 11.4 Å². The Morgan fingerprint density at radius 3 is 1.96 bits per heavy atom. The highest BCUT2D eigenvalue weighted by Crippen LogP contribution is 2.21. The molecule has 0 aromatic heterocycles. The zero-order chi connectivity index (χ0) is 20.9. The fraction of sp³-hybridized carbons (Fsp3) is 0.300. The number of likely N-dealkylation sites (N-methyl/N-ethyl adjacent to an activating group) is 1. The second-order valence-electron chi connectivity index (χ2n) is 6.45. The highest BCUT2D eigenvalue weighted by molar-refractivity contribution is 7.89. The number of nitrogens with zero attached hydrogens (tertiary/aromatic N) is 1. The summed E-state index contributed by atoms with van der Waals surface area (Å²) in [6.45, 7) is 6.68. The molecule has 0 bridgehead atoms. The maximum Gasteiger partial charge on any atom is 0.243 e. The van der Waals surface area contributed by atoms with E-state index in [4.69, 9.17) is 0 Å². The van der Waals surface area contributed by atoms with Crippen molar-refractivity contribution in [3.63, 3.8) is 0 Å². The Morgan fingerprint density at radius 2 is 1.46 bits per heavy atom. The standard InChI is InChI=1S/C20H25N3O4S/c1-5-23(15(3)20(25)22-18-8-6-14(2)7-9-18)28(26,27)19-12-10-17(11-13-19)21-16(4)24/h6-13,15H,5H2,1-4H3,(H,21,24)(H,22,25)/t15-/m1/s1. The van der Waals surface area contributed by atoms with E-state index in [0.29, 0.717) is 11.4 Å². The van der Waals surface area contributed by atoms with E-state index in [1.807, 2.05) is 19.1 Å². The lowest BCUT2D eigenvalue weighted by Crippen LogP contribution is -2.45. The third-order valence-corrected chi connectivity index (χ3v) is 6.28. The van der Waals surface area contributed by atoms with Crippen molar-refractivity contribution in [1.29, 1.82) is 0 Å². The summed E-state index contributed by atoms with van der Waals surface area (Å²) >= 11 is 0. The summed E-state index contributed by atoms with van der Waals surface area (Å²) in [4.78, 5) is 23.7. The Hall–Kier alpha value is -2.71. The first kappa shape index (κ1) is 21.6. The van der Waals surface area contributed by atoms with Crippen LogP contribution in [0.15, 0.2) is 53.4 Å². The van der Waals surface area contributed by atoms with E-state index < -0.39 is 22.0 Å². The maximum atomic E-state index is 13.0. The number of hydrogen-bond donors (Lipinski definition) is 2. The molecule has 0 radical (unpaired) electrons. The van der Waals surface area contributed by atoms with E-state index in [2.05, 4.69) is 10.6 Å². The second kappa shape index (κ2) is 8.99. The molecule has 2 N–H and O–H groups in total. The first-order chi connectivity index (χ1) is 13.1. The number of anilines is 2. The topological polar surface area (TPSA) is 95.6 Å². The van der Waals surface area contributed by atoms with E-state index in [1.54, 1.807) is 26.0 Å². The van der Waals surface area contributed by atoms with E-state index in [1.165, 1.54) is 31.2 Å². The molecule has 0 spiro atoms. The summed E-state index contributed by atoms with van der Waals surface area (Å²) in [6.07, 6.45) is 0. The molecular weight excluding hydrogens is 378 g/mol. The average molecular weight is 404 g/mol. The van der Waals surface area contributed by atoms with Gasteiger partial charge in [0.15, 0.2) is 0 Å². The Morgan fingerprint density at radius 1 is 0.964 bits per heavy atom. The minimum absolute atomic E-state index is 0.0541. The molecule has 2 rings (SSSR count). The Bertz CT molecular complexity index is 938. The van der Waals surface area contributed by atoms with Crippen molar-refractivity contribution in [3.8, 4) is 0 Å². The molecule has 0 fully saturated rings. The SMILES string of the molecule is CCN([C@H](C)C(=O)Nc1ccc(C)cc1)S(=O)(=O)c1ccc(NC(C)=O)cc1. The largest absolute Gasteiger partial charge is 0.326 e. The van der Waals surface area contributed by atoms with Crippen molar-refractivity contribution in [2.75, 3.05) is 17.2 Å². The van der Waals surface area contributed by atoms with Crippen LogP contribution in [0, 0.1) is 6.92 Å². The molecule has 7 nitrogen and oxygen atoms in total. The molecule has 1 atom stereocenters. The van der Waals surface area contributed by atoms with Gasteiger partial charge in [-0.3, -0.25) is 9.59 Å². The monoisotopic (exact) mass is 403 g/mol. The Kier molecular flexibility index (Phi) is 6.93. The summed E-state index contributed by atoms with van der Waals surface area (Å²) in [5.74, 6) is -0.656. The van der Waals surface area contributed by atoms with E-state index in [-0.39, 0.29) is 17.3 Å². The second-order valence-corrected chi connectivity index (χ2v) is 8.34. The predicted molar refractivity (Wildman–Crippen MR) is 110 cm³/mol. The van der Waals surface area contributed by atoms with Crippen LogP contribution < -0.4 is 10.6 Å². The Balaban J connectivity index is 2.20. The lowest BCUT2D eigenvalue weighted by Gasteiger charge is -2.26. The lowest BCUT2D eigenvalue weighted by molar-refractivity contribution is -0.119. The van der Waals surface area contributed by atoms with Crippen LogP contribution in [-0.2, 0) is 19.6 Å². The maximum absolute atomic E-state index is 13.0. The van der Waals surface area contributed by atoms with Gasteiger partial charge in [0.05, 0.1) is 4.90 Å². The van der Waals surface area contributed by atoms with Crippen LogP contribution in [-0.4, -0.2) is 37.1 Å². The summed E-state index contributed by atoms with van der Waals surface area (Å²) in [6, 6.07) is 12.2. The van der Waals surface area contributed by atoms with Crippen molar-refractivity contribution < 1.29 is 18.0 Å². The van der Waals surface area contributed by atoms with Gasteiger partial charge in [0.1, 0.15) is 6.04 Å². The molecule has 2 aromatic carbocycles. The van der Waals surface area contributed by atoms with Gasteiger partial charge in [-0.2, -0.15) is 4.31 Å². The van der Waals surface area contributed by atoms with Crippen LogP contribution in [0.5, 0.6) is 0 Å². The van der Waals surface area contributed by atoms with Gasteiger partial charge in [-0.05, 0) is 50.2 Å². The van der Waals surface area contributed by atoms with E-state index in [9.17, 15) is 18.0 Å². The fourth-order valence-electron chi connectivity index (χ4n) is 2.72. The molecular formula is C20H25N3O4S. The van der Waals surface area contributed by atoms with E-state index in [0.717, 1.165) is 9.87 Å². The normalized spacial score (nSPS) is 12.5. The van der Waals surface area contributed by atoms with Gasteiger partial charge in [-0.15, -0.1) is 0 Å². The molecule has 0 aliphatic rings. The molecule has 0 saturated carbocycles. The Labute approximate surface area is 165 Å². The van der Waals surface area contributed by atoms with Gasteiger partial charge in [0.25, 0.3) is 0 Å². The number of benzene rings is 2. The number of amides is 2. The smallest absolute Gasteiger partial charge is 0.243 e. The van der Waals surface area contributed by atoms with Crippen molar-refractivity contribution >= 4 is 33.2 Å². The van der Waals surface area contributed by atoms with Crippen LogP contribution in [0.1, 0.15) is 26.3 Å². The zero-order valence-electron chi connectivity index (χ0n) is 16.4. The van der Waals surface area contributed by atoms with Gasteiger partial charge in [-0.1, -0.05) is 24.6 Å². The molecule has 28 heavy (non-hydrogen) atoms. The molecule has 150 valence electrons. The third kappa shape index (κ3) is 5.17. The average Bonchev–Trinajstić information content (AvgIpc) is 2.63. The minimum atomic E-state index is -3.88. The van der Waals surface area contributed by atoms with Gasteiger partial charge in [0.2, 0.25) is 21.8 Å². The molecule has 8 heteroatoms. The van der Waals surface area contributed by atoms with Crippen molar-refractivity contribution in [2.45, 2.75) is 38.6 Å². The molecule has 2 aromatic rings. The van der Waals surface area contributed by atoms with Gasteiger partial charge < -0.3 is 10.6 Å². The molecule has 0 aliphatic heterocycles. The number of carbonyl (C=O) groups is 2. The lowest BCUT2D eigenvalue weighted by atomic mass is 10.2. The number of nitrogens with one attached hydrogen (secondary N) is 2. The number of carbonyl (C=O) groups excluding carboxylic acids is 2. The van der Waals surface area contributed by atoms with Crippen LogP contribution in [0.3, 0.4) is 0 Å². The zero-order valence-corrected chi connectivity index (χ0v) is 17.2. The van der Waals surface area contributed by atoms with Crippen LogP contribution in [0.2, 0.25) is 0 Å². The highest BCUT2D eigenvalue weighted by Gasteiger charge is 2.31. The summed E-state index contributed by atoms with van der Waals surface area (Å²) in [5.41, 5.74) is 2.17. The number of aryl methyl sites for hydroxylation is 1. The summed E-state index contributed by atoms with van der Waals surface area (Å²) in [5, 5.41) is 5.33. The number of rotatable bonds is 7. The first-order valence-electron chi connectivity index (χ1n) is 8.92. The van der Waals surface area contributed by atoms with Crippen molar-refractivity contribution in [3.05, 3.63) is 54.1 Å². The predicted octanol–water partition coefficient (Wildman–Crippen LogP) is 2.99. The number of sulfonamides is 1. The fourth-order valence-corrected chi connectivity index (χ4v) is 4.32. The molecule has 0 heterocycles. The summed E-state index contributed by atoms with van der Waals surface area (Å²) in [7, 11) is -3.88. The summed E-state index contributed by atoms with van der Waals surface area (Å²) < 4.78 is 27.1. The number of hydrogen-bond acceptors (Lipinski definition) is 4. The van der Waals surface area contributed by atoms with Crippen LogP contribution in [0.25, 0.3) is 0 Å². The highest BCUT2D eigenvalue weighted by atomic mass is 32.2. The van der Waals surface area contributed by atoms with Gasteiger partial charge in [0, 0.05) is 24.8 Å². The minimum Gasteiger partial charge on any atom is -0.326 e.